The first-order valence-electron chi connectivity index (χ1n) is 12.0. The highest BCUT2D eigenvalue weighted by molar-refractivity contribution is 6.11. The lowest BCUT2D eigenvalue weighted by molar-refractivity contribution is 1.07. The summed E-state index contributed by atoms with van der Waals surface area (Å²) in [5.74, 6) is 0. The van der Waals surface area contributed by atoms with Gasteiger partial charge in [-0.1, -0.05) is 36.4 Å². The van der Waals surface area contributed by atoms with Gasteiger partial charge in [-0.15, -0.1) is 0 Å². The highest BCUT2D eigenvalue weighted by atomic mass is 15.0. The molecule has 0 fully saturated rings. The van der Waals surface area contributed by atoms with Gasteiger partial charge in [0.05, 0.1) is 69.1 Å². The SMILES string of the molecule is N#Cc1ccc2c(c1)c1ccccc1n2-c1cncc(-n2c3ccccc3c3cc(C#N)ccc32)c1C#N. The fourth-order valence-corrected chi connectivity index (χ4v) is 5.50. The van der Waals surface area contributed by atoms with Gasteiger partial charge in [-0.05, 0) is 48.5 Å². The molecular weight excluding hydrogens is 468 g/mol. The van der Waals surface area contributed by atoms with Crippen LogP contribution in [0.15, 0.2) is 97.3 Å². The predicted molar refractivity (Wildman–Crippen MR) is 147 cm³/mol. The van der Waals surface area contributed by atoms with E-state index in [9.17, 15) is 15.8 Å². The maximum Gasteiger partial charge on any atom is 0.104 e. The summed E-state index contributed by atoms with van der Waals surface area (Å²) in [6, 6.07) is 34.1. The number of pyridine rings is 1. The lowest BCUT2D eigenvalue weighted by Gasteiger charge is -2.15. The van der Waals surface area contributed by atoms with Crippen molar-refractivity contribution in [1.82, 2.24) is 14.1 Å². The molecule has 6 heteroatoms. The summed E-state index contributed by atoms with van der Waals surface area (Å²) < 4.78 is 4.09. The highest BCUT2D eigenvalue weighted by Gasteiger charge is 2.21. The molecule has 0 saturated heterocycles. The Kier molecular flexibility index (Phi) is 4.54. The smallest absolute Gasteiger partial charge is 0.104 e. The van der Waals surface area contributed by atoms with Gasteiger partial charge in [0.25, 0.3) is 0 Å². The van der Waals surface area contributed by atoms with E-state index in [2.05, 4.69) is 23.2 Å². The van der Waals surface area contributed by atoms with Crippen LogP contribution >= 0.6 is 0 Å². The van der Waals surface area contributed by atoms with Crippen molar-refractivity contribution in [1.29, 1.82) is 15.8 Å². The molecule has 0 aliphatic rings. The molecule has 0 atom stereocenters. The fraction of sp³-hybridized carbons (Fsp3) is 0. The van der Waals surface area contributed by atoms with E-state index in [4.69, 9.17) is 0 Å². The van der Waals surface area contributed by atoms with Crippen molar-refractivity contribution in [3.8, 4) is 29.6 Å². The van der Waals surface area contributed by atoms with Gasteiger partial charge in [-0.3, -0.25) is 4.98 Å². The third kappa shape index (κ3) is 2.88. The van der Waals surface area contributed by atoms with Crippen molar-refractivity contribution in [3.63, 3.8) is 0 Å². The number of hydrogen-bond donors (Lipinski definition) is 0. The molecule has 38 heavy (non-hydrogen) atoms. The monoisotopic (exact) mass is 484 g/mol. The zero-order valence-electron chi connectivity index (χ0n) is 19.9. The van der Waals surface area contributed by atoms with Crippen LogP contribution in [0.2, 0.25) is 0 Å². The summed E-state index contributed by atoms with van der Waals surface area (Å²) in [7, 11) is 0. The van der Waals surface area contributed by atoms with Gasteiger partial charge in [0, 0.05) is 21.5 Å². The standard InChI is InChI=1S/C32H16N6/c33-15-20-9-11-29-24(13-20)22-5-1-3-7-27(22)37(29)31-18-36-19-32(26(31)17-35)38-28-8-4-2-6-23(28)25-14-21(16-34)10-12-30(25)38/h1-14,18-19H. The number of aromatic nitrogens is 3. The molecule has 7 rings (SSSR count). The van der Waals surface area contributed by atoms with Gasteiger partial charge in [-0.25, -0.2) is 0 Å². The van der Waals surface area contributed by atoms with Gasteiger partial charge in [-0.2, -0.15) is 15.8 Å². The van der Waals surface area contributed by atoms with Crippen LogP contribution in [0.25, 0.3) is 55.0 Å². The van der Waals surface area contributed by atoms with E-state index >= 15 is 0 Å². The van der Waals surface area contributed by atoms with Crippen LogP contribution in [-0.4, -0.2) is 14.1 Å². The summed E-state index contributed by atoms with van der Waals surface area (Å²) in [4.78, 5) is 4.60. The van der Waals surface area contributed by atoms with E-state index in [1.165, 1.54) is 0 Å². The lowest BCUT2D eigenvalue weighted by atomic mass is 10.1. The normalized spacial score (nSPS) is 11.1. The molecule has 4 aromatic carbocycles. The Bertz CT molecular complexity index is 2080. The first-order chi connectivity index (χ1) is 18.7. The maximum absolute atomic E-state index is 10.6. The second-order valence-electron chi connectivity index (χ2n) is 9.06. The fourth-order valence-electron chi connectivity index (χ4n) is 5.50. The van der Waals surface area contributed by atoms with Crippen molar-refractivity contribution >= 4 is 43.6 Å². The topological polar surface area (TPSA) is 94.1 Å². The molecule has 174 valence electrons. The summed E-state index contributed by atoms with van der Waals surface area (Å²) in [5.41, 5.74) is 6.57. The highest BCUT2D eigenvalue weighted by Crippen LogP contribution is 2.37. The minimum Gasteiger partial charge on any atom is -0.306 e. The Morgan fingerprint density at radius 1 is 0.500 bits per heavy atom. The molecule has 0 amide bonds. The Morgan fingerprint density at radius 2 is 0.947 bits per heavy atom. The Balaban J connectivity index is 1.60. The van der Waals surface area contributed by atoms with Crippen LogP contribution in [0, 0.1) is 34.0 Å². The quantitative estimate of drug-likeness (QED) is 0.267. The number of para-hydroxylation sites is 2. The summed E-state index contributed by atoms with van der Waals surface area (Å²) in [6.07, 6.45) is 3.43. The number of benzene rings is 4. The van der Waals surface area contributed by atoms with E-state index in [1.807, 2.05) is 81.9 Å². The number of rotatable bonds is 2. The zero-order valence-corrected chi connectivity index (χ0v) is 19.9. The van der Waals surface area contributed by atoms with Crippen molar-refractivity contribution < 1.29 is 0 Å². The van der Waals surface area contributed by atoms with Crippen LogP contribution in [0.5, 0.6) is 0 Å². The molecule has 0 saturated carbocycles. The van der Waals surface area contributed by atoms with E-state index in [1.54, 1.807) is 24.5 Å². The third-order valence-corrected chi connectivity index (χ3v) is 7.10. The van der Waals surface area contributed by atoms with Crippen molar-refractivity contribution in [3.05, 3.63) is 114 Å². The average molecular weight is 485 g/mol. The van der Waals surface area contributed by atoms with E-state index in [-0.39, 0.29) is 0 Å². The minimum atomic E-state index is 0.471. The van der Waals surface area contributed by atoms with Crippen LogP contribution in [0.1, 0.15) is 16.7 Å². The largest absolute Gasteiger partial charge is 0.306 e. The number of hydrogen-bond acceptors (Lipinski definition) is 4. The molecule has 0 bridgehead atoms. The van der Waals surface area contributed by atoms with Gasteiger partial charge in [0.15, 0.2) is 0 Å². The van der Waals surface area contributed by atoms with E-state index in [0.29, 0.717) is 28.1 Å². The number of nitrogens with zero attached hydrogens (tertiary/aromatic N) is 6. The first-order valence-corrected chi connectivity index (χ1v) is 12.0. The third-order valence-electron chi connectivity index (χ3n) is 7.10. The summed E-state index contributed by atoms with van der Waals surface area (Å²) in [6.45, 7) is 0. The van der Waals surface area contributed by atoms with Gasteiger partial charge >= 0.3 is 0 Å². The van der Waals surface area contributed by atoms with Crippen molar-refractivity contribution in [2.45, 2.75) is 0 Å². The van der Waals surface area contributed by atoms with Gasteiger partial charge in [0.2, 0.25) is 0 Å². The first kappa shape index (κ1) is 21.4. The minimum absolute atomic E-state index is 0.471. The maximum atomic E-state index is 10.6. The molecule has 0 N–H and O–H groups in total. The Labute approximate surface area is 217 Å². The molecule has 3 aromatic heterocycles. The molecule has 0 unspecified atom stereocenters. The molecule has 7 aromatic rings. The van der Waals surface area contributed by atoms with Crippen LogP contribution in [0.4, 0.5) is 0 Å². The molecule has 0 aliphatic heterocycles. The molecule has 3 heterocycles. The second-order valence-corrected chi connectivity index (χ2v) is 9.06. The Morgan fingerprint density at radius 3 is 1.39 bits per heavy atom. The van der Waals surface area contributed by atoms with Gasteiger partial charge in [0.1, 0.15) is 11.6 Å². The zero-order chi connectivity index (χ0) is 25.8. The molecular formula is C32H16N6. The molecule has 0 radical (unpaired) electrons. The van der Waals surface area contributed by atoms with Crippen LogP contribution in [-0.2, 0) is 0 Å². The van der Waals surface area contributed by atoms with Crippen molar-refractivity contribution in [2.75, 3.05) is 0 Å². The van der Waals surface area contributed by atoms with Crippen LogP contribution in [0.3, 0.4) is 0 Å². The second kappa shape index (κ2) is 8.07. The van der Waals surface area contributed by atoms with Crippen molar-refractivity contribution in [2.24, 2.45) is 0 Å². The lowest BCUT2D eigenvalue weighted by Crippen LogP contribution is -2.05. The average Bonchev–Trinajstić information content (AvgIpc) is 3.48. The van der Waals surface area contributed by atoms with Crippen LogP contribution < -0.4 is 0 Å². The molecule has 6 nitrogen and oxygen atoms in total. The number of fused-ring (bicyclic) bond motifs is 6. The summed E-state index contributed by atoms with van der Waals surface area (Å²) >= 11 is 0. The summed E-state index contributed by atoms with van der Waals surface area (Å²) in [5, 5.41) is 33.4. The van der Waals surface area contributed by atoms with E-state index < -0.39 is 0 Å². The number of nitriles is 3. The molecule has 0 spiro atoms. The van der Waals surface area contributed by atoms with Gasteiger partial charge < -0.3 is 9.13 Å². The Hall–Kier alpha value is -5.90. The molecule has 0 aliphatic carbocycles. The van der Waals surface area contributed by atoms with E-state index in [0.717, 1.165) is 43.6 Å². The predicted octanol–water partition coefficient (Wildman–Crippen LogP) is 6.89.